The number of anilines is 2. The second-order valence-corrected chi connectivity index (χ2v) is 15.1. The fraction of sp³-hybridized carbons (Fsp3) is 0.606. The van der Waals surface area contributed by atoms with Crippen molar-refractivity contribution in [3.63, 3.8) is 0 Å². The van der Waals surface area contributed by atoms with Crippen molar-refractivity contribution in [2.45, 2.75) is 111 Å². The zero-order valence-corrected chi connectivity index (χ0v) is 28.0. The van der Waals surface area contributed by atoms with Crippen LogP contribution >= 0.6 is 0 Å². The molecule has 1 aliphatic carbocycles. The fourth-order valence-corrected chi connectivity index (χ4v) is 5.51. The van der Waals surface area contributed by atoms with Gasteiger partial charge in [0.25, 0.3) is 0 Å². The Balaban J connectivity index is 1.46. The molecule has 1 saturated heterocycles. The smallest absolute Gasteiger partial charge is 0.425 e. The number of ether oxygens (including phenoxy) is 3. The van der Waals surface area contributed by atoms with E-state index >= 15 is 4.39 Å². The predicted molar refractivity (Wildman–Crippen MR) is 168 cm³/mol. The van der Waals surface area contributed by atoms with Crippen LogP contribution in [0.3, 0.4) is 0 Å². The Hall–Kier alpha value is -3.96. The number of imide groups is 1. The second kappa shape index (κ2) is 12.1. The molecule has 12 heteroatoms. The van der Waals surface area contributed by atoms with Gasteiger partial charge < -0.3 is 24.4 Å². The molecule has 2 fully saturated rings. The van der Waals surface area contributed by atoms with Crippen LogP contribution in [0.2, 0.25) is 0 Å². The van der Waals surface area contributed by atoms with Gasteiger partial charge in [0.1, 0.15) is 16.8 Å². The topological polar surface area (TPSA) is 123 Å². The van der Waals surface area contributed by atoms with Crippen molar-refractivity contribution < 1.29 is 33.0 Å². The zero-order valence-electron chi connectivity index (χ0n) is 28.0. The molecule has 0 unspecified atom stereocenters. The molecule has 1 N–H and O–H groups in total. The van der Waals surface area contributed by atoms with Crippen molar-refractivity contribution in [2.75, 3.05) is 23.3 Å². The number of hydrogen-bond acceptors (Lipinski definition) is 9. The largest absolute Gasteiger partial charge is 0.444 e. The summed E-state index contributed by atoms with van der Waals surface area (Å²) in [6, 6.07) is 1.73. The van der Waals surface area contributed by atoms with Gasteiger partial charge in [-0.15, -0.1) is 0 Å². The van der Waals surface area contributed by atoms with Gasteiger partial charge in [0.15, 0.2) is 11.6 Å². The average Bonchev–Trinajstić information content (AvgIpc) is 2.80. The molecule has 1 spiro atoms. The summed E-state index contributed by atoms with van der Waals surface area (Å²) in [7, 11) is 0. The molecule has 3 heterocycles. The molecule has 2 aromatic rings. The van der Waals surface area contributed by atoms with Crippen molar-refractivity contribution in [2.24, 2.45) is 5.41 Å². The van der Waals surface area contributed by atoms with Crippen LogP contribution in [-0.2, 0) is 20.6 Å². The Bertz CT molecular complexity index is 1420. The van der Waals surface area contributed by atoms with Crippen LogP contribution in [0.5, 0.6) is 0 Å². The van der Waals surface area contributed by atoms with Crippen molar-refractivity contribution in [1.82, 2.24) is 14.9 Å². The maximum absolute atomic E-state index is 16.0. The van der Waals surface area contributed by atoms with Crippen LogP contribution in [-0.4, -0.2) is 69.1 Å². The highest BCUT2D eigenvalue weighted by Crippen LogP contribution is 2.49. The molecule has 0 atom stereocenters. The van der Waals surface area contributed by atoms with Gasteiger partial charge in [-0.3, -0.25) is 4.98 Å². The van der Waals surface area contributed by atoms with E-state index in [4.69, 9.17) is 14.2 Å². The maximum atomic E-state index is 16.0. The van der Waals surface area contributed by atoms with Crippen molar-refractivity contribution in [1.29, 1.82) is 0 Å². The van der Waals surface area contributed by atoms with Crippen molar-refractivity contribution in [3.8, 4) is 0 Å². The quantitative estimate of drug-likeness (QED) is 0.349. The molecule has 0 radical (unpaired) electrons. The number of hydrogen-bond donors (Lipinski definition) is 1. The van der Waals surface area contributed by atoms with Crippen LogP contribution in [0, 0.1) is 18.2 Å². The first-order chi connectivity index (χ1) is 20.7. The van der Waals surface area contributed by atoms with Crippen LogP contribution in [0.1, 0.15) is 91.8 Å². The number of carbonyl (C=O) groups excluding carboxylic acids is 3. The third-order valence-corrected chi connectivity index (χ3v) is 7.44. The number of amides is 3. The number of pyridine rings is 2. The summed E-state index contributed by atoms with van der Waals surface area (Å²) < 4.78 is 32.3. The molecule has 246 valence electrons. The lowest BCUT2D eigenvalue weighted by Gasteiger charge is -2.58. The maximum Gasteiger partial charge on any atom is 0.425 e. The molecule has 0 aromatic carbocycles. The SMILES string of the molecule is Cc1c(Cc2ccnc(N(C(=O)OC(C)(C)C)C(=O)OC(C)(C)C)c2F)cncc1NC1CC2(C1)CN(C(=O)OC(C)(C)C)C2. The number of aromatic nitrogens is 2. The first-order valence-electron chi connectivity index (χ1n) is 15.2. The number of likely N-dealkylation sites (tertiary alicyclic amines) is 1. The number of halogens is 1. The van der Waals surface area contributed by atoms with E-state index in [2.05, 4.69) is 15.3 Å². The number of nitrogens with zero attached hydrogens (tertiary/aromatic N) is 4. The van der Waals surface area contributed by atoms with Gasteiger partial charge in [0.2, 0.25) is 0 Å². The van der Waals surface area contributed by atoms with Gasteiger partial charge in [-0.1, -0.05) is 0 Å². The molecule has 3 amide bonds. The molecular formula is C33H46FN5O6. The van der Waals surface area contributed by atoms with E-state index in [9.17, 15) is 14.4 Å². The van der Waals surface area contributed by atoms with Gasteiger partial charge in [-0.25, -0.2) is 23.8 Å². The van der Waals surface area contributed by atoms with E-state index in [1.807, 2.05) is 27.7 Å². The summed E-state index contributed by atoms with van der Waals surface area (Å²) in [4.78, 5) is 49.1. The van der Waals surface area contributed by atoms with Crippen LogP contribution < -0.4 is 10.2 Å². The Morgan fingerprint density at radius 2 is 1.49 bits per heavy atom. The Labute approximate surface area is 264 Å². The lowest BCUT2D eigenvalue weighted by Crippen LogP contribution is -2.66. The molecule has 2 aromatic heterocycles. The first kappa shape index (κ1) is 33.9. The van der Waals surface area contributed by atoms with E-state index in [0.717, 1.165) is 29.7 Å². The van der Waals surface area contributed by atoms with Gasteiger partial charge in [0.05, 0.1) is 11.9 Å². The Morgan fingerprint density at radius 1 is 0.933 bits per heavy atom. The van der Waals surface area contributed by atoms with Crippen LogP contribution in [0.4, 0.5) is 30.3 Å². The minimum absolute atomic E-state index is 0.109. The Kier molecular flexibility index (Phi) is 9.12. The highest BCUT2D eigenvalue weighted by molar-refractivity contribution is 6.08. The summed E-state index contributed by atoms with van der Waals surface area (Å²) in [6.07, 6.45) is 4.28. The normalized spacial score (nSPS) is 16.4. The van der Waals surface area contributed by atoms with Gasteiger partial charge in [-0.2, -0.15) is 4.90 Å². The third-order valence-electron chi connectivity index (χ3n) is 7.44. The van der Waals surface area contributed by atoms with Crippen molar-refractivity contribution >= 4 is 29.8 Å². The van der Waals surface area contributed by atoms with Crippen LogP contribution in [0.15, 0.2) is 24.7 Å². The van der Waals surface area contributed by atoms with E-state index in [1.54, 1.807) is 58.8 Å². The fourth-order valence-electron chi connectivity index (χ4n) is 5.51. The summed E-state index contributed by atoms with van der Waals surface area (Å²) in [5.41, 5.74) is 0.436. The van der Waals surface area contributed by atoms with Crippen molar-refractivity contribution in [3.05, 3.63) is 47.2 Å². The average molecular weight is 628 g/mol. The zero-order chi connectivity index (χ0) is 33.5. The summed E-state index contributed by atoms with van der Waals surface area (Å²) >= 11 is 0. The molecule has 1 aliphatic heterocycles. The second-order valence-electron chi connectivity index (χ2n) is 15.1. The van der Waals surface area contributed by atoms with Crippen LogP contribution in [0.25, 0.3) is 0 Å². The first-order valence-corrected chi connectivity index (χ1v) is 15.2. The minimum atomic E-state index is -1.09. The monoisotopic (exact) mass is 627 g/mol. The standard InChI is InChI=1S/C33H46FN5O6/c1-20-22(16-35-17-24(20)37-23-14-33(15-23)18-38(19-33)27(40)43-30(2,3)4)13-21-11-12-36-26(25(21)34)39(28(41)44-31(5,6)7)29(42)45-32(8,9)10/h11-12,16-17,23,37H,13-15,18-19H2,1-10H3. The van der Waals surface area contributed by atoms with E-state index < -0.39 is 40.6 Å². The molecular weight excluding hydrogens is 581 g/mol. The lowest BCUT2D eigenvalue weighted by molar-refractivity contribution is -0.0738. The molecule has 4 rings (SSSR count). The van der Waals surface area contributed by atoms with Gasteiger partial charge in [0, 0.05) is 43.4 Å². The predicted octanol–water partition coefficient (Wildman–Crippen LogP) is 7.00. The van der Waals surface area contributed by atoms with Gasteiger partial charge in [-0.05, 0) is 105 Å². The van der Waals surface area contributed by atoms with E-state index in [0.29, 0.717) is 18.0 Å². The van der Waals surface area contributed by atoms with Gasteiger partial charge >= 0.3 is 18.3 Å². The summed E-state index contributed by atoms with van der Waals surface area (Å²) in [5, 5.41) is 3.56. The number of rotatable bonds is 5. The molecule has 11 nitrogen and oxygen atoms in total. The number of carbonyl (C=O) groups is 3. The Morgan fingerprint density at radius 3 is 2.02 bits per heavy atom. The molecule has 0 bridgehead atoms. The molecule has 1 saturated carbocycles. The molecule has 2 aliphatic rings. The highest BCUT2D eigenvalue weighted by atomic mass is 19.1. The summed E-state index contributed by atoms with van der Waals surface area (Å²) in [5.74, 6) is -1.34. The highest BCUT2D eigenvalue weighted by Gasteiger charge is 2.54. The number of nitrogens with one attached hydrogen (secondary N) is 1. The summed E-state index contributed by atoms with van der Waals surface area (Å²) in [6.45, 7) is 18.7. The minimum Gasteiger partial charge on any atom is -0.444 e. The lowest BCUT2D eigenvalue weighted by atomic mass is 9.60. The third kappa shape index (κ3) is 8.40. The van der Waals surface area contributed by atoms with E-state index in [1.165, 1.54) is 12.3 Å². The van der Waals surface area contributed by atoms with E-state index in [-0.39, 0.29) is 29.5 Å². The molecule has 45 heavy (non-hydrogen) atoms.